The minimum Gasteiger partial charge on any atom is -0.493 e. The number of esters is 1. The fourth-order valence-corrected chi connectivity index (χ4v) is 3.47. The molecule has 0 saturated heterocycles. The molecule has 0 aliphatic heterocycles. The van der Waals surface area contributed by atoms with Crippen LogP contribution in [0.2, 0.25) is 0 Å². The molecule has 0 heterocycles. The summed E-state index contributed by atoms with van der Waals surface area (Å²) in [5, 5.41) is 8.81. The average Bonchev–Trinajstić information content (AvgIpc) is 3.08. The molecule has 6 heteroatoms. The number of nitrogens with zero attached hydrogens (tertiary/aromatic N) is 2. The first kappa shape index (κ1) is 19.4. The molecule has 3 aromatic rings. The van der Waals surface area contributed by atoms with E-state index in [1.807, 2.05) is 36.4 Å². The third kappa shape index (κ3) is 3.55. The molecule has 30 heavy (non-hydrogen) atoms. The van der Waals surface area contributed by atoms with E-state index < -0.39 is 5.97 Å². The van der Waals surface area contributed by atoms with Gasteiger partial charge in [-0.15, -0.1) is 5.10 Å². The molecular formula is C24H20N2O4. The molecule has 0 radical (unpaired) electrons. The van der Waals surface area contributed by atoms with E-state index in [1.165, 1.54) is 21.1 Å². The summed E-state index contributed by atoms with van der Waals surface area (Å²) in [7, 11) is 2.99. The number of hydrogen-bond acceptors (Lipinski definition) is 6. The van der Waals surface area contributed by atoms with Crippen LogP contribution in [0.5, 0.6) is 17.2 Å². The largest absolute Gasteiger partial charge is 0.493 e. The second-order valence-corrected chi connectivity index (χ2v) is 6.63. The Bertz CT molecular complexity index is 1110. The molecule has 1 aliphatic rings. The van der Waals surface area contributed by atoms with Gasteiger partial charge >= 0.3 is 5.97 Å². The van der Waals surface area contributed by atoms with Crippen LogP contribution in [0, 0.1) is 0 Å². The van der Waals surface area contributed by atoms with Gasteiger partial charge in [-0.2, -0.15) is 5.10 Å². The monoisotopic (exact) mass is 400 g/mol. The average molecular weight is 400 g/mol. The van der Waals surface area contributed by atoms with Crippen molar-refractivity contribution < 1.29 is 19.0 Å². The Morgan fingerprint density at radius 2 is 1.33 bits per heavy atom. The molecule has 1 aliphatic carbocycles. The van der Waals surface area contributed by atoms with Crippen LogP contribution in [0.1, 0.15) is 23.6 Å². The standard InChI is InChI=1S/C24H20N2O4/c1-15(27)30-24-21(28-2)12-16(13-22(24)29-3)14-25-26-23-19-10-6-4-8-17(19)18-9-5-7-11-20(18)23/h4-14H,1-3H3/b25-14-. The lowest BCUT2D eigenvalue weighted by Gasteiger charge is -2.13. The zero-order valence-electron chi connectivity index (χ0n) is 16.9. The van der Waals surface area contributed by atoms with E-state index >= 15 is 0 Å². The zero-order chi connectivity index (χ0) is 21.1. The quantitative estimate of drug-likeness (QED) is 0.214. The van der Waals surface area contributed by atoms with Gasteiger partial charge in [-0.05, 0) is 23.3 Å². The predicted octanol–water partition coefficient (Wildman–Crippen LogP) is 4.48. The molecular weight excluding hydrogens is 380 g/mol. The summed E-state index contributed by atoms with van der Waals surface area (Å²) in [6, 6.07) is 19.7. The second-order valence-electron chi connectivity index (χ2n) is 6.63. The first-order chi connectivity index (χ1) is 14.6. The summed E-state index contributed by atoms with van der Waals surface area (Å²) in [4.78, 5) is 11.4. The van der Waals surface area contributed by atoms with E-state index in [1.54, 1.807) is 18.3 Å². The zero-order valence-corrected chi connectivity index (χ0v) is 16.9. The second kappa shape index (κ2) is 8.21. The van der Waals surface area contributed by atoms with Gasteiger partial charge in [-0.25, -0.2) is 0 Å². The van der Waals surface area contributed by atoms with Gasteiger partial charge in [-0.3, -0.25) is 4.79 Å². The summed E-state index contributed by atoms with van der Waals surface area (Å²) in [5.41, 5.74) is 5.93. The Morgan fingerprint density at radius 1 is 0.833 bits per heavy atom. The Kier molecular flexibility index (Phi) is 5.30. The maximum atomic E-state index is 11.4. The van der Waals surface area contributed by atoms with Crippen molar-refractivity contribution >= 4 is 17.9 Å². The number of hydrogen-bond donors (Lipinski definition) is 0. The van der Waals surface area contributed by atoms with E-state index in [0.29, 0.717) is 17.1 Å². The van der Waals surface area contributed by atoms with Crippen molar-refractivity contribution in [1.82, 2.24) is 0 Å². The summed E-state index contributed by atoms with van der Waals surface area (Å²) >= 11 is 0. The van der Waals surface area contributed by atoms with Gasteiger partial charge in [0, 0.05) is 23.6 Å². The van der Waals surface area contributed by atoms with Crippen LogP contribution >= 0.6 is 0 Å². The number of ether oxygens (including phenoxy) is 3. The van der Waals surface area contributed by atoms with Gasteiger partial charge in [0.05, 0.1) is 20.4 Å². The Morgan fingerprint density at radius 3 is 1.80 bits per heavy atom. The minimum absolute atomic E-state index is 0.231. The lowest BCUT2D eigenvalue weighted by molar-refractivity contribution is -0.132. The van der Waals surface area contributed by atoms with Crippen LogP contribution in [-0.4, -0.2) is 32.1 Å². The molecule has 0 N–H and O–H groups in total. The Balaban J connectivity index is 1.71. The van der Waals surface area contributed by atoms with Crippen molar-refractivity contribution in [3.63, 3.8) is 0 Å². The molecule has 150 valence electrons. The fraction of sp³-hybridized carbons (Fsp3) is 0.125. The smallest absolute Gasteiger partial charge is 0.308 e. The van der Waals surface area contributed by atoms with Gasteiger partial charge in [0.2, 0.25) is 5.75 Å². The van der Waals surface area contributed by atoms with Crippen LogP contribution in [0.25, 0.3) is 11.1 Å². The van der Waals surface area contributed by atoms with Crippen molar-refractivity contribution in [2.75, 3.05) is 14.2 Å². The van der Waals surface area contributed by atoms with Crippen LogP contribution in [0.15, 0.2) is 70.9 Å². The first-order valence-corrected chi connectivity index (χ1v) is 9.37. The molecule has 6 nitrogen and oxygen atoms in total. The van der Waals surface area contributed by atoms with Crippen molar-refractivity contribution in [2.24, 2.45) is 10.2 Å². The molecule has 0 atom stereocenters. The molecule has 0 saturated carbocycles. The van der Waals surface area contributed by atoms with Gasteiger partial charge in [-0.1, -0.05) is 48.5 Å². The number of carbonyl (C=O) groups excluding carboxylic acids is 1. The maximum absolute atomic E-state index is 11.4. The number of methoxy groups -OCH3 is 2. The Labute approximate surface area is 174 Å². The maximum Gasteiger partial charge on any atom is 0.308 e. The van der Waals surface area contributed by atoms with Crippen LogP contribution in [-0.2, 0) is 4.79 Å². The van der Waals surface area contributed by atoms with Gasteiger partial charge in [0.25, 0.3) is 0 Å². The Hall–Kier alpha value is -3.93. The lowest BCUT2D eigenvalue weighted by atomic mass is 10.1. The van der Waals surface area contributed by atoms with Crippen LogP contribution in [0.4, 0.5) is 0 Å². The number of fused-ring (bicyclic) bond motifs is 3. The summed E-state index contributed by atoms with van der Waals surface area (Å²) < 4.78 is 15.9. The highest BCUT2D eigenvalue weighted by Gasteiger charge is 2.23. The van der Waals surface area contributed by atoms with Crippen LogP contribution in [0.3, 0.4) is 0 Å². The summed E-state index contributed by atoms with van der Waals surface area (Å²) in [6.45, 7) is 1.32. The molecule has 0 fully saturated rings. The number of benzene rings is 3. The van der Waals surface area contributed by atoms with E-state index in [2.05, 4.69) is 22.3 Å². The molecule has 4 rings (SSSR count). The topological polar surface area (TPSA) is 69.5 Å². The van der Waals surface area contributed by atoms with Crippen molar-refractivity contribution in [2.45, 2.75) is 6.92 Å². The third-order valence-electron chi connectivity index (χ3n) is 4.75. The molecule has 0 unspecified atom stereocenters. The van der Waals surface area contributed by atoms with E-state index in [-0.39, 0.29) is 5.75 Å². The first-order valence-electron chi connectivity index (χ1n) is 9.37. The SMILES string of the molecule is COc1cc(/C=N\N=C2c3ccccc3-c3ccccc32)cc(OC)c1OC(C)=O. The minimum atomic E-state index is -0.460. The summed E-state index contributed by atoms with van der Waals surface area (Å²) in [6.07, 6.45) is 1.61. The highest BCUT2D eigenvalue weighted by atomic mass is 16.6. The molecule has 0 spiro atoms. The van der Waals surface area contributed by atoms with Crippen molar-refractivity contribution in [3.05, 3.63) is 77.4 Å². The number of rotatable bonds is 5. The third-order valence-corrected chi connectivity index (χ3v) is 4.75. The van der Waals surface area contributed by atoms with Crippen molar-refractivity contribution in [1.29, 1.82) is 0 Å². The lowest BCUT2D eigenvalue weighted by Crippen LogP contribution is -2.05. The van der Waals surface area contributed by atoms with E-state index in [9.17, 15) is 4.79 Å². The predicted molar refractivity (Wildman–Crippen MR) is 116 cm³/mol. The molecule has 0 bridgehead atoms. The molecule has 3 aromatic carbocycles. The van der Waals surface area contributed by atoms with Gasteiger partial charge in [0.15, 0.2) is 11.5 Å². The van der Waals surface area contributed by atoms with E-state index in [4.69, 9.17) is 14.2 Å². The highest BCUT2D eigenvalue weighted by Crippen LogP contribution is 2.39. The number of carbonyl (C=O) groups is 1. The van der Waals surface area contributed by atoms with Gasteiger partial charge in [0.1, 0.15) is 5.71 Å². The molecule has 0 amide bonds. The highest BCUT2D eigenvalue weighted by molar-refractivity contribution is 6.24. The fourth-order valence-electron chi connectivity index (χ4n) is 3.47. The molecule has 0 aromatic heterocycles. The van der Waals surface area contributed by atoms with Gasteiger partial charge < -0.3 is 14.2 Å². The van der Waals surface area contributed by atoms with E-state index in [0.717, 1.165) is 28.0 Å². The summed E-state index contributed by atoms with van der Waals surface area (Å²) in [5.74, 6) is 0.512. The normalized spacial score (nSPS) is 11.8. The van der Waals surface area contributed by atoms with Crippen LogP contribution < -0.4 is 14.2 Å². The van der Waals surface area contributed by atoms with Crippen molar-refractivity contribution in [3.8, 4) is 28.4 Å².